The van der Waals surface area contributed by atoms with E-state index in [1.807, 2.05) is 12.1 Å². The number of nitrogen functional groups attached to an aromatic ring is 1. The molecule has 0 saturated heterocycles. The Morgan fingerprint density at radius 3 is 2.33 bits per heavy atom. The number of rotatable bonds is 1. The third-order valence-electron chi connectivity index (χ3n) is 5.14. The Morgan fingerprint density at radius 1 is 1.06 bits per heavy atom. The summed E-state index contributed by atoms with van der Waals surface area (Å²) in [6, 6.07) is 3.79. The molecule has 3 N–H and O–H groups in total. The lowest BCUT2D eigenvalue weighted by Crippen LogP contribution is -2.36. The number of nitrogens with two attached hydrogens (primary N) is 1. The fourth-order valence-corrected chi connectivity index (χ4v) is 3.90. The minimum atomic E-state index is -0.744. The van der Waals surface area contributed by atoms with Crippen LogP contribution in [0.2, 0.25) is 0 Å². The summed E-state index contributed by atoms with van der Waals surface area (Å²) < 4.78 is 0. The lowest BCUT2D eigenvalue weighted by molar-refractivity contribution is -0.0372. The highest BCUT2D eigenvalue weighted by Crippen LogP contribution is 2.53. The van der Waals surface area contributed by atoms with Crippen molar-refractivity contribution in [1.29, 1.82) is 0 Å². The van der Waals surface area contributed by atoms with Gasteiger partial charge in [0, 0.05) is 11.8 Å². The first-order valence-electron chi connectivity index (χ1n) is 7.07. The second-order valence-electron chi connectivity index (χ2n) is 6.17. The van der Waals surface area contributed by atoms with E-state index in [0.29, 0.717) is 11.2 Å². The molecule has 2 fully saturated rings. The van der Waals surface area contributed by atoms with Crippen LogP contribution in [0.3, 0.4) is 0 Å². The van der Waals surface area contributed by atoms with E-state index in [0.717, 1.165) is 31.2 Å². The van der Waals surface area contributed by atoms with Crippen molar-refractivity contribution in [1.82, 2.24) is 4.98 Å². The summed E-state index contributed by atoms with van der Waals surface area (Å²) in [7, 11) is 0. The summed E-state index contributed by atoms with van der Waals surface area (Å²) in [5.74, 6) is 0.488. The molecule has 1 aromatic heterocycles. The van der Waals surface area contributed by atoms with Crippen LogP contribution in [0.5, 0.6) is 0 Å². The average molecular weight is 246 g/mol. The summed E-state index contributed by atoms with van der Waals surface area (Å²) >= 11 is 0. The molecule has 1 aromatic rings. The number of aromatic nitrogens is 1. The van der Waals surface area contributed by atoms with Crippen LogP contribution in [0.25, 0.3) is 0 Å². The van der Waals surface area contributed by atoms with Crippen molar-refractivity contribution in [2.45, 2.75) is 57.0 Å². The first-order chi connectivity index (χ1) is 8.64. The van der Waals surface area contributed by atoms with Crippen LogP contribution in [0.15, 0.2) is 18.3 Å². The van der Waals surface area contributed by atoms with E-state index in [1.54, 1.807) is 6.20 Å². The van der Waals surface area contributed by atoms with Crippen molar-refractivity contribution in [2.24, 2.45) is 5.41 Å². The largest absolute Gasteiger partial charge is 0.385 e. The van der Waals surface area contributed by atoms with E-state index in [9.17, 15) is 5.11 Å². The van der Waals surface area contributed by atoms with Gasteiger partial charge in [-0.25, -0.2) is 4.98 Å². The molecule has 0 radical (unpaired) electrons. The van der Waals surface area contributed by atoms with Crippen molar-refractivity contribution in [3.63, 3.8) is 0 Å². The molecule has 2 saturated carbocycles. The van der Waals surface area contributed by atoms with Gasteiger partial charge in [0.15, 0.2) is 0 Å². The summed E-state index contributed by atoms with van der Waals surface area (Å²) in [4.78, 5) is 4.11. The van der Waals surface area contributed by atoms with E-state index in [-0.39, 0.29) is 0 Å². The standard InChI is InChI=1S/C15H22N2O/c16-13-12(4-3-11-17-13)15(18)9-7-14(8-10-15)5-1-2-6-14/h3-4,11,18H,1-2,5-10H2,(H2,16,17). The molecular weight excluding hydrogens is 224 g/mol. The molecule has 0 atom stereocenters. The van der Waals surface area contributed by atoms with Gasteiger partial charge in [0.1, 0.15) is 5.82 Å². The highest BCUT2D eigenvalue weighted by atomic mass is 16.3. The maximum absolute atomic E-state index is 10.8. The molecule has 0 aliphatic heterocycles. The normalized spacial score (nSPS) is 25.4. The zero-order valence-electron chi connectivity index (χ0n) is 10.9. The first-order valence-corrected chi connectivity index (χ1v) is 7.07. The third kappa shape index (κ3) is 1.91. The van der Waals surface area contributed by atoms with Gasteiger partial charge < -0.3 is 10.8 Å². The van der Waals surface area contributed by atoms with Crippen LogP contribution < -0.4 is 5.73 Å². The Hall–Kier alpha value is -1.09. The SMILES string of the molecule is Nc1ncccc1C1(O)CCC2(CCCC2)CC1. The molecule has 3 nitrogen and oxygen atoms in total. The van der Waals surface area contributed by atoms with Crippen LogP contribution in [-0.2, 0) is 5.60 Å². The fraction of sp³-hybridized carbons (Fsp3) is 0.667. The molecule has 1 heterocycles. The molecule has 0 amide bonds. The van der Waals surface area contributed by atoms with E-state index < -0.39 is 5.60 Å². The molecule has 2 aliphatic rings. The van der Waals surface area contributed by atoms with Gasteiger partial charge in [0.2, 0.25) is 0 Å². The van der Waals surface area contributed by atoms with Crippen molar-refractivity contribution in [2.75, 3.05) is 5.73 Å². The van der Waals surface area contributed by atoms with Crippen LogP contribution in [0.1, 0.15) is 56.9 Å². The maximum atomic E-state index is 10.8. The minimum absolute atomic E-state index is 0.488. The predicted molar refractivity (Wildman–Crippen MR) is 71.9 cm³/mol. The third-order valence-corrected chi connectivity index (χ3v) is 5.14. The van der Waals surface area contributed by atoms with Gasteiger partial charge in [-0.05, 0) is 50.0 Å². The van der Waals surface area contributed by atoms with Crippen molar-refractivity contribution in [3.8, 4) is 0 Å². The number of nitrogens with zero attached hydrogens (tertiary/aromatic N) is 1. The molecule has 1 spiro atoms. The molecule has 3 rings (SSSR count). The van der Waals surface area contributed by atoms with Crippen LogP contribution in [0, 0.1) is 5.41 Å². The zero-order valence-corrected chi connectivity index (χ0v) is 10.9. The number of aliphatic hydroxyl groups is 1. The van der Waals surface area contributed by atoms with Gasteiger partial charge in [-0.3, -0.25) is 0 Å². The predicted octanol–water partition coefficient (Wildman–Crippen LogP) is 2.99. The molecule has 0 bridgehead atoms. The van der Waals surface area contributed by atoms with Gasteiger partial charge in [-0.15, -0.1) is 0 Å². The summed E-state index contributed by atoms with van der Waals surface area (Å²) in [6.45, 7) is 0. The van der Waals surface area contributed by atoms with Crippen LogP contribution >= 0.6 is 0 Å². The number of pyridine rings is 1. The monoisotopic (exact) mass is 246 g/mol. The lowest BCUT2D eigenvalue weighted by Gasteiger charge is -2.42. The van der Waals surface area contributed by atoms with Gasteiger partial charge >= 0.3 is 0 Å². The topological polar surface area (TPSA) is 59.1 Å². The Bertz CT molecular complexity index is 428. The van der Waals surface area contributed by atoms with Gasteiger partial charge in [-0.1, -0.05) is 18.9 Å². The highest BCUT2D eigenvalue weighted by molar-refractivity contribution is 5.43. The number of hydrogen-bond donors (Lipinski definition) is 2. The lowest BCUT2D eigenvalue weighted by atomic mass is 9.66. The summed E-state index contributed by atoms with van der Waals surface area (Å²) in [5.41, 5.74) is 6.53. The first kappa shape index (κ1) is 12.0. The molecule has 98 valence electrons. The molecule has 2 aliphatic carbocycles. The van der Waals surface area contributed by atoms with Gasteiger partial charge in [-0.2, -0.15) is 0 Å². The molecular formula is C15H22N2O. The smallest absolute Gasteiger partial charge is 0.129 e. The van der Waals surface area contributed by atoms with E-state index in [4.69, 9.17) is 5.73 Å². The van der Waals surface area contributed by atoms with Crippen LogP contribution in [0.4, 0.5) is 5.82 Å². The minimum Gasteiger partial charge on any atom is -0.385 e. The Balaban J connectivity index is 1.80. The maximum Gasteiger partial charge on any atom is 0.129 e. The van der Waals surface area contributed by atoms with E-state index in [1.165, 1.54) is 25.7 Å². The zero-order chi connectivity index (χ0) is 12.6. The van der Waals surface area contributed by atoms with Crippen molar-refractivity contribution < 1.29 is 5.11 Å². The average Bonchev–Trinajstić information content (AvgIpc) is 2.83. The molecule has 18 heavy (non-hydrogen) atoms. The molecule has 0 aromatic carbocycles. The second kappa shape index (κ2) is 4.23. The molecule has 0 unspecified atom stereocenters. The Labute approximate surface area is 108 Å². The van der Waals surface area contributed by atoms with Crippen LogP contribution in [-0.4, -0.2) is 10.1 Å². The van der Waals surface area contributed by atoms with Gasteiger partial charge in [0.05, 0.1) is 5.60 Å². The number of anilines is 1. The summed E-state index contributed by atoms with van der Waals surface area (Å²) in [5, 5.41) is 10.8. The van der Waals surface area contributed by atoms with E-state index >= 15 is 0 Å². The highest BCUT2D eigenvalue weighted by Gasteiger charge is 2.44. The van der Waals surface area contributed by atoms with E-state index in [2.05, 4.69) is 4.98 Å². The van der Waals surface area contributed by atoms with Crippen molar-refractivity contribution in [3.05, 3.63) is 23.9 Å². The van der Waals surface area contributed by atoms with Crippen molar-refractivity contribution >= 4 is 5.82 Å². The number of hydrogen-bond acceptors (Lipinski definition) is 3. The van der Waals surface area contributed by atoms with Gasteiger partial charge in [0.25, 0.3) is 0 Å². The summed E-state index contributed by atoms with van der Waals surface area (Å²) in [6.07, 6.45) is 11.1. The Kier molecular flexibility index (Phi) is 2.81. The molecule has 3 heteroatoms. The second-order valence-corrected chi connectivity index (χ2v) is 6.17. The fourth-order valence-electron chi connectivity index (χ4n) is 3.90. The Morgan fingerprint density at radius 2 is 1.72 bits per heavy atom. The quantitative estimate of drug-likeness (QED) is 0.801.